The highest BCUT2D eigenvalue weighted by atomic mass is 35.5. The summed E-state index contributed by atoms with van der Waals surface area (Å²) >= 11 is 7.45. The molecular weight excluding hydrogens is 240 g/mol. The molecule has 0 amide bonds. The van der Waals surface area contributed by atoms with E-state index in [0.717, 1.165) is 28.7 Å². The molecule has 1 aliphatic carbocycles. The molecule has 1 nitrogen and oxygen atoms in total. The number of carbonyl (C=O) groups excluding carboxylic acids is 1. The first-order chi connectivity index (χ1) is 7.74. The summed E-state index contributed by atoms with van der Waals surface area (Å²) in [5, 5.41) is 0.732. The molecule has 0 spiro atoms. The minimum Gasteiger partial charge on any atom is -0.299 e. The largest absolute Gasteiger partial charge is 0.299 e. The van der Waals surface area contributed by atoms with Crippen LogP contribution in [0, 0.1) is 5.92 Å². The van der Waals surface area contributed by atoms with E-state index in [1.54, 1.807) is 11.8 Å². The maximum atomic E-state index is 11.6. The molecule has 0 radical (unpaired) electrons. The second-order valence-electron chi connectivity index (χ2n) is 4.27. The van der Waals surface area contributed by atoms with E-state index in [1.807, 2.05) is 24.3 Å². The Morgan fingerprint density at radius 1 is 1.44 bits per heavy atom. The summed E-state index contributed by atoms with van der Waals surface area (Å²) in [6.45, 7) is 0. The van der Waals surface area contributed by atoms with Crippen LogP contribution in [-0.2, 0) is 4.79 Å². The topological polar surface area (TPSA) is 17.1 Å². The van der Waals surface area contributed by atoms with Crippen LogP contribution >= 0.6 is 23.4 Å². The summed E-state index contributed by atoms with van der Waals surface area (Å²) in [6.07, 6.45) is 4.50. The molecule has 1 fully saturated rings. The second kappa shape index (κ2) is 5.74. The van der Waals surface area contributed by atoms with E-state index in [1.165, 1.54) is 12.8 Å². The molecule has 0 unspecified atom stereocenters. The summed E-state index contributed by atoms with van der Waals surface area (Å²) < 4.78 is 0. The monoisotopic (exact) mass is 254 g/mol. The maximum Gasteiger partial charge on any atom is 0.143 e. The van der Waals surface area contributed by atoms with Gasteiger partial charge in [-0.05, 0) is 30.5 Å². The van der Waals surface area contributed by atoms with Gasteiger partial charge in [-0.3, -0.25) is 4.79 Å². The van der Waals surface area contributed by atoms with Crippen molar-refractivity contribution in [2.24, 2.45) is 5.92 Å². The summed E-state index contributed by atoms with van der Waals surface area (Å²) in [5.41, 5.74) is 0. The molecule has 2 rings (SSSR count). The van der Waals surface area contributed by atoms with Gasteiger partial charge in [0.05, 0.1) is 5.75 Å². The van der Waals surface area contributed by atoms with Gasteiger partial charge in [0.2, 0.25) is 0 Å². The van der Waals surface area contributed by atoms with Crippen molar-refractivity contribution in [1.82, 2.24) is 0 Å². The summed E-state index contributed by atoms with van der Waals surface area (Å²) in [4.78, 5) is 12.7. The molecule has 3 heteroatoms. The van der Waals surface area contributed by atoms with Gasteiger partial charge < -0.3 is 0 Å². The van der Waals surface area contributed by atoms with E-state index in [0.29, 0.717) is 11.5 Å². The highest BCUT2D eigenvalue weighted by molar-refractivity contribution is 8.00. The lowest BCUT2D eigenvalue weighted by molar-refractivity contribution is -0.116. The Hall–Kier alpha value is -0.470. The lowest BCUT2D eigenvalue weighted by Gasteiger charge is -2.01. The van der Waals surface area contributed by atoms with E-state index in [-0.39, 0.29) is 0 Å². The van der Waals surface area contributed by atoms with Crippen LogP contribution in [0.15, 0.2) is 29.2 Å². The fourth-order valence-corrected chi connectivity index (χ4v) is 2.68. The zero-order chi connectivity index (χ0) is 11.4. The third kappa shape index (κ3) is 4.18. The quantitative estimate of drug-likeness (QED) is 0.708. The molecule has 86 valence electrons. The minimum atomic E-state index is 0.358. The summed E-state index contributed by atoms with van der Waals surface area (Å²) in [5.74, 6) is 1.78. The molecular formula is C13H15ClOS. The first-order valence-corrected chi connectivity index (χ1v) is 7.00. The van der Waals surface area contributed by atoms with Crippen LogP contribution in [0.25, 0.3) is 0 Å². The predicted octanol–water partition coefficient (Wildman–Crippen LogP) is 4.19. The Balaban J connectivity index is 1.71. The number of benzene rings is 1. The maximum absolute atomic E-state index is 11.6. The van der Waals surface area contributed by atoms with Crippen LogP contribution in [0.3, 0.4) is 0 Å². The van der Waals surface area contributed by atoms with Crippen LogP contribution in [-0.4, -0.2) is 11.5 Å². The van der Waals surface area contributed by atoms with E-state index >= 15 is 0 Å². The molecule has 0 atom stereocenters. The van der Waals surface area contributed by atoms with Crippen LogP contribution < -0.4 is 0 Å². The SMILES string of the molecule is O=C(CCC1CC1)CSc1cccc(Cl)c1. The molecule has 1 aromatic carbocycles. The van der Waals surface area contributed by atoms with E-state index in [4.69, 9.17) is 11.6 Å². The van der Waals surface area contributed by atoms with Crippen molar-refractivity contribution in [3.63, 3.8) is 0 Å². The first kappa shape index (κ1) is 12.0. The zero-order valence-electron chi connectivity index (χ0n) is 9.12. The molecule has 0 aromatic heterocycles. The van der Waals surface area contributed by atoms with Gasteiger partial charge in [-0.1, -0.05) is 30.5 Å². The third-order valence-corrected chi connectivity index (χ3v) is 4.01. The Bertz CT molecular complexity index is 374. The molecule has 0 heterocycles. The Labute approximate surface area is 106 Å². The van der Waals surface area contributed by atoms with E-state index in [9.17, 15) is 4.79 Å². The Kier molecular flexibility index (Phi) is 4.30. The van der Waals surface area contributed by atoms with Crippen LogP contribution in [0.2, 0.25) is 5.02 Å². The van der Waals surface area contributed by atoms with Crippen molar-refractivity contribution in [2.75, 3.05) is 5.75 Å². The van der Waals surface area contributed by atoms with Crippen molar-refractivity contribution >= 4 is 29.1 Å². The summed E-state index contributed by atoms with van der Waals surface area (Å²) in [6, 6.07) is 7.66. The van der Waals surface area contributed by atoms with Gasteiger partial charge >= 0.3 is 0 Å². The van der Waals surface area contributed by atoms with Crippen LogP contribution in [0.4, 0.5) is 0 Å². The number of hydrogen-bond acceptors (Lipinski definition) is 2. The van der Waals surface area contributed by atoms with E-state index in [2.05, 4.69) is 0 Å². The van der Waals surface area contributed by atoms with Gasteiger partial charge in [-0.15, -0.1) is 11.8 Å². The van der Waals surface area contributed by atoms with Crippen LogP contribution in [0.5, 0.6) is 0 Å². The smallest absolute Gasteiger partial charge is 0.143 e. The number of Topliss-reactive ketones (excluding diaryl/α,β-unsaturated/α-hetero) is 1. The molecule has 1 aliphatic rings. The molecule has 0 aliphatic heterocycles. The van der Waals surface area contributed by atoms with Crippen LogP contribution in [0.1, 0.15) is 25.7 Å². The standard InChI is InChI=1S/C13H15ClOS/c14-11-2-1-3-13(8-11)16-9-12(15)7-6-10-4-5-10/h1-3,8,10H,4-7,9H2. The number of hydrogen-bond donors (Lipinski definition) is 0. The van der Waals surface area contributed by atoms with Gasteiger partial charge in [-0.25, -0.2) is 0 Å². The highest BCUT2D eigenvalue weighted by Crippen LogP contribution is 2.33. The van der Waals surface area contributed by atoms with Gasteiger partial charge in [-0.2, -0.15) is 0 Å². The van der Waals surface area contributed by atoms with Gasteiger partial charge in [0, 0.05) is 16.3 Å². The Morgan fingerprint density at radius 3 is 2.94 bits per heavy atom. The molecule has 0 saturated heterocycles. The lowest BCUT2D eigenvalue weighted by Crippen LogP contribution is -2.01. The number of ketones is 1. The molecule has 1 saturated carbocycles. The average molecular weight is 255 g/mol. The Morgan fingerprint density at radius 2 is 2.25 bits per heavy atom. The number of thioether (sulfide) groups is 1. The highest BCUT2D eigenvalue weighted by Gasteiger charge is 2.21. The number of halogens is 1. The summed E-state index contributed by atoms with van der Waals surface area (Å²) in [7, 11) is 0. The van der Waals surface area contributed by atoms with Crippen molar-refractivity contribution in [1.29, 1.82) is 0 Å². The van der Waals surface area contributed by atoms with Crippen molar-refractivity contribution in [3.8, 4) is 0 Å². The zero-order valence-corrected chi connectivity index (χ0v) is 10.7. The van der Waals surface area contributed by atoms with Gasteiger partial charge in [0.1, 0.15) is 5.78 Å². The predicted molar refractivity (Wildman–Crippen MR) is 69.1 cm³/mol. The second-order valence-corrected chi connectivity index (χ2v) is 5.75. The average Bonchev–Trinajstić information content (AvgIpc) is 3.07. The number of carbonyl (C=O) groups is 1. The fraction of sp³-hybridized carbons (Fsp3) is 0.462. The van der Waals surface area contributed by atoms with E-state index < -0.39 is 0 Å². The molecule has 1 aromatic rings. The minimum absolute atomic E-state index is 0.358. The van der Waals surface area contributed by atoms with Crippen molar-refractivity contribution < 1.29 is 4.79 Å². The van der Waals surface area contributed by atoms with Gasteiger partial charge in [0.15, 0.2) is 0 Å². The fourth-order valence-electron chi connectivity index (χ4n) is 1.56. The molecule has 0 bridgehead atoms. The third-order valence-electron chi connectivity index (χ3n) is 2.72. The number of rotatable bonds is 6. The normalized spacial score (nSPS) is 15.1. The van der Waals surface area contributed by atoms with Crippen molar-refractivity contribution in [2.45, 2.75) is 30.6 Å². The molecule has 16 heavy (non-hydrogen) atoms. The first-order valence-electron chi connectivity index (χ1n) is 5.64. The van der Waals surface area contributed by atoms with Crippen molar-refractivity contribution in [3.05, 3.63) is 29.3 Å². The van der Waals surface area contributed by atoms with Gasteiger partial charge in [0.25, 0.3) is 0 Å². The lowest BCUT2D eigenvalue weighted by atomic mass is 10.2. The molecule has 0 N–H and O–H groups in total.